The Hall–Kier alpha value is -2.20. The molecule has 1 amide bonds. The van der Waals surface area contributed by atoms with Crippen molar-refractivity contribution in [3.05, 3.63) is 65.5 Å². The summed E-state index contributed by atoms with van der Waals surface area (Å²) in [5.41, 5.74) is 3.08. The summed E-state index contributed by atoms with van der Waals surface area (Å²) in [5.74, 6) is 0.735. The standard InChI is InChI=1S/C20H24N2O2/c1-14(2)15-3-5-17(6-4-15)20(24)22-11-18(13-23)19(12-22)16-7-9-21-10-8-16/h3-10,14,18-19,23H,11-13H2,1-2H3/t18-,19-/m0/s1. The lowest BCUT2D eigenvalue weighted by molar-refractivity contribution is 0.0781. The van der Waals surface area contributed by atoms with Crippen molar-refractivity contribution in [2.24, 2.45) is 5.92 Å². The van der Waals surface area contributed by atoms with Crippen LogP contribution in [-0.2, 0) is 0 Å². The Kier molecular flexibility index (Phi) is 4.95. The molecule has 126 valence electrons. The van der Waals surface area contributed by atoms with Crippen LogP contribution in [0, 0.1) is 5.92 Å². The van der Waals surface area contributed by atoms with Crippen LogP contribution in [0.3, 0.4) is 0 Å². The number of hydrogen-bond donors (Lipinski definition) is 1. The normalized spacial score (nSPS) is 20.6. The largest absolute Gasteiger partial charge is 0.396 e. The Bertz CT molecular complexity index is 683. The maximum atomic E-state index is 12.8. The summed E-state index contributed by atoms with van der Waals surface area (Å²) in [5, 5.41) is 9.71. The lowest BCUT2D eigenvalue weighted by Gasteiger charge is -2.17. The predicted molar refractivity (Wildman–Crippen MR) is 94.0 cm³/mol. The van der Waals surface area contributed by atoms with Gasteiger partial charge in [-0.05, 0) is 41.3 Å². The highest BCUT2D eigenvalue weighted by atomic mass is 16.3. The molecule has 0 bridgehead atoms. The van der Waals surface area contributed by atoms with Crippen molar-refractivity contribution < 1.29 is 9.90 Å². The molecule has 0 saturated carbocycles. The lowest BCUT2D eigenvalue weighted by Crippen LogP contribution is -2.29. The fraction of sp³-hybridized carbons (Fsp3) is 0.400. The zero-order valence-electron chi connectivity index (χ0n) is 14.2. The Morgan fingerprint density at radius 3 is 2.42 bits per heavy atom. The molecule has 1 aromatic heterocycles. The molecule has 2 aromatic rings. The van der Waals surface area contributed by atoms with E-state index in [1.54, 1.807) is 12.4 Å². The van der Waals surface area contributed by atoms with E-state index in [0.29, 0.717) is 24.6 Å². The number of amides is 1. The van der Waals surface area contributed by atoms with Crippen LogP contribution in [0.5, 0.6) is 0 Å². The van der Waals surface area contributed by atoms with Crippen LogP contribution in [0.4, 0.5) is 0 Å². The van der Waals surface area contributed by atoms with E-state index in [9.17, 15) is 9.90 Å². The number of likely N-dealkylation sites (tertiary alicyclic amines) is 1. The van der Waals surface area contributed by atoms with Crippen LogP contribution in [-0.4, -0.2) is 40.6 Å². The van der Waals surface area contributed by atoms with E-state index in [0.717, 1.165) is 5.56 Å². The Labute approximate surface area is 143 Å². The third kappa shape index (κ3) is 3.34. The van der Waals surface area contributed by atoms with E-state index in [1.807, 2.05) is 41.3 Å². The third-order valence-electron chi connectivity index (χ3n) is 4.92. The number of hydrogen-bond acceptors (Lipinski definition) is 3. The first kappa shape index (κ1) is 16.7. The SMILES string of the molecule is CC(C)c1ccc(C(=O)N2C[C@@H](CO)[C@H](c3ccncc3)C2)cc1. The van der Waals surface area contributed by atoms with Gasteiger partial charge in [-0.3, -0.25) is 9.78 Å². The zero-order chi connectivity index (χ0) is 17.1. The van der Waals surface area contributed by atoms with Gasteiger partial charge < -0.3 is 10.0 Å². The minimum absolute atomic E-state index is 0.0420. The van der Waals surface area contributed by atoms with Gasteiger partial charge in [0, 0.05) is 49.5 Å². The monoisotopic (exact) mass is 324 g/mol. The third-order valence-corrected chi connectivity index (χ3v) is 4.92. The van der Waals surface area contributed by atoms with Gasteiger partial charge in [0.1, 0.15) is 0 Å². The van der Waals surface area contributed by atoms with Gasteiger partial charge in [-0.1, -0.05) is 26.0 Å². The lowest BCUT2D eigenvalue weighted by atomic mass is 9.90. The van der Waals surface area contributed by atoms with Crippen LogP contribution in [0.15, 0.2) is 48.8 Å². The minimum Gasteiger partial charge on any atom is -0.396 e. The minimum atomic E-state index is 0.0420. The van der Waals surface area contributed by atoms with E-state index < -0.39 is 0 Å². The second kappa shape index (κ2) is 7.14. The topological polar surface area (TPSA) is 53.4 Å². The molecule has 4 nitrogen and oxygen atoms in total. The fourth-order valence-corrected chi connectivity index (χ4v) is 3.40. The first-order valence-electron chi connectivity index (χ1n) is 8.50. The maximum Gasteiger partial charge on any atom is 0.253 e. The summed E-state index contributed by atoms with van der Waals surface area (Å²) >= 11 is 0. The molecule has 2 heterocycles. The summed E-state index contributed by atoms with van der Waals surface area (Å²) in [7, 11) is 0. The second-order valence-electron chi connectivity index (χ2n) is 6.82. The molecule has 1 fully saturated rings. The van der Waals surface area contributed by atoms with Crippen molar-refractivity contribution in [3.8, 4) is 0 Å². The quantitative estimate of drug-likeness (QED) is 0.940. The van der Waals surface area contributed by atoms with E-state index in [2.05, 4.69) is 18.8 Å². The van der Waals surface area contributed by atoms with Crippen molar-refractivity contribution in [3.63, 3.8) is 0 Å². The molecule has 24 heavy (non-hydrogen) atoms. The number of aromatic nitrogens is 1. The molecule has 0 spiro atoms. The van der Waals surface area contributed by atoms with Crippen molar-refractivity contribution >= 4 is 5.91 Å². The van der Waals surface area contributed by atoms with E-state index >= 15 is 0 Å². The smallest absolute Gasteiger partial charge is 0.253 e. The van der Waals surface area contributed by atoms with Gasteiger partial charge in [0.25, 0.3) is 5.91 Å². The molecule has 4 heteroatoms. The van der Waals surface area contributed by atoms with Gasteiger partial charge in [-0.15, -0.1) is 0 Å². The number of benzene rings is 1. The Morgan fingerprint density at radius 1 is 1.17 bits per heavy atom. The highest BCUT2D eigenvalue weighted by Crippen LogP contribution is 2.33. The summed E-state index contributed by atoms with van der Waals surface area (Å²) in [4.78, 5) is 18.7. The number of carbonyl (C=O) groups is 1. The molecule has 1 aliphatic rings. The molecule has 1 N–H and O–H groups in total. The molecule has 1 aliphatic heterocycles. The predicted octanol–water partition coefficient (Wildman–Crippen LogP) is 3.05. The molecule has 0 radical (unpaired) electrons. The summed E-state index contributed by atoms with van der Waals surface area (Å²) < 4.78 is 0. The van der Waals surface area contributed by atoms with Crippen LogP contribution in [0.1, 0.15) is 47.2 Å². The average Bonchev–Trinajstić information content (AvgIpc) is 3.06. The first-order chi connectivity index (χ1) is 11.6. The van der Waals surface area contributed by atoms with Crippen LogP contribution < -0.4 is 0 Å². The van der Waals surface area contributed by atoms with Crippen LogP contribution >= 0.6 is 0 Å². The Morgan fingerprint density at radius 2 is 1.83 bits per heavy atom. The van der Waals surface area contributed by atoms with Gasteiger partial charge in [0.05, 0.1) is 0 Å². The molecular formula is C20H24N2O2. The van der Waals surface area contributed by atoms with E-state index in [-0.39, 0.29) is 24.3 Å². The zero-order valence-corrected chi connectivity index (χ0v) is 14.2. The summed E-state index contributed by atoms with van der Waals surface area (Å²) in [6.07, 6.45) is 3.53. The van der Waals surface area contributed by atoms with E-state index in [1.165, 1.54) is 5.56 Å². The molecular weight excluding hydrogens is 300 g/mol. The molecule has 2 atom stereocenters. The van der Waals surface area contributed by atoms with Gasteiger partial charge in [-0.25, -0.2) is 0 Å². The van der Waals surface area contributed by atoms with Gasteiger partial charge in [0.2, 0.25) is 0 Å². The number of pyridine rings is 1. The number of carbonyl (C=O) groups excluding carboxylic acids is 1. The van der Waals surface area contributed by atoms with Crippen molar-refractivity contribution in [2.45, 2.75) is 25.7 Å². The van der Waals surface area contributed by atoms with Crippen LogP contribution in [0.25, 0.3) is 0 Å². The van der Waals surface area contributed by atoms with Crippen molar-refractivity contribution in [1.82, 2.24) is 9.88 Å². The highest BCUT2D eigenvalue weighted by molar-refractivity contribution is 5.94. The van der Waals surface area contributed by atoms with Crippen molar-refractivity contribution in [2.75, 3.05) is 19.7 Å². The van der Waals surface area contributed by atoms with E-state index in [4.69, 9.17) is 0 Å². The first-order valence-corrected chi connectivity index (χ1v) is 8.50. The van der Waals surface area contributed by atoms with Crippen molar-refractivity contribution in [1.29, 1.82) is 0 Å². The van der Waals surface area contributed by atoms with Gasteiger partial charge in [-0.2, -0.15) is 0 Å². The van der Waals surface area contributed by atoms with Crippen LogP contribution in [0.2, 0.25) is 0 Å². The number of aliphatic hydroxyl groups excluding tert-OH is 1. The maximum absolute atomic E-state index is 12.8. The second-order valence-corrected chi connectivity index (χ2v) is 6.82. The molecule has 3 rings (SSSR count). The summed E-state index contributed by atoms with van der Waals surface area (Å²) in [6.45, 7) is 5.60. The molecule has 1 saturated heterocycles. The number of nitrogens with zero attached hydrogens (tertiary/aromatic N) is 2. The number of aliphatic hydroxyl groups is 1. The fourth-order valence-electron chi connectivity index (χ4n) is 3.40. The average molecular weight is 324 g/mol. The molecule has 1 aromatic carbocycles. The molecule has 0 aliphatic carbocycles. The van der Waals surface area contributed by atoms with Gasteiger partial charge >= 0.3 is 0 Å². The highest BCUT2D eigenvalue weighted by Gasteiger charge is 2.35. The number of rotatable bonds is 4. The summed E-state index contributed by atoms with van der Waals surface area (Å²) in [6, 6.07) is 11.8. The van der Waals surface area contributed by atoms with Gasteiger partial charge in [0.15, 0.2) is 0 Å². The Balaban J connectivity index is 1.76. The molecule has 0 unspecified atom stereocenters.